The third kappa shape index (κ3) is 5.32. The van der Waals surface area contributed by atoms with Crippen molar-refractivity contribution >= 4 is 21.4 Å². The minimum absolute atomic E-state index is 0.129. The Balaban J connectivity index is 1.45. The van der Waals surface area contributed by atoms with Gasteiger partial charge in [0, 0.05) is 25.7 Å². The monoisotopic (exact) mass is 636 g/mol. The van der Waals surface area contributed by atoms with Crippen molar-refractivity contribution in [3.63, 3.8) is 0 Å². The van der Waals surface area contributed by atoms with Crippen LogP contribution in [-0.4, -0.2) is 57.7 Å². The van der Waals surface area contributed by atoms with Gasteiger partial charge in [0.2, 0.25) is 0 Å². The topological polar surface area (TPSA) is 76.9 Å². The SMILES string of the molecule is N#CC1(N2CCN3c4ccc(-c5cc(F)cc(OC(F)F)c5)cc4N(S(=O)(=O)c4cccc(C(F)(F)F)c4)C[C@@H]3C2)CCC1. The summed E-state index contributed by atoms with van der Waals surface area (Å²) < 4.78 is 114. The van der Waals surface area contributed by atoms with E-state index in [1.165, 1.54) is 12.1 Å². The maximum absolute atomic E-state index is 14.4. The van der Waals surface area contributed by atoms with E-state index in [9.17, 15) is 40.0 Å². The van der Waals surface area contributed by atoms with E-state index in [0.717, 1.165) is 41.1 Å². The van der Waals surface area contributed by atoms with E-state index in [1.54, 1.807) is 12.1 Å². The molecule has 6 rings (SSSR count). The van der Waals surface area contributed by atoms with Crippen LogP contribution in [0.3, 0.4) is 0 Å². The van der Waals surface area contributed by atoms with Crippen LogP contribution in [0.5, 0.6) is 5.75 Å². The summed E-state index contributed by atoms with van der Waals surface area (Å²) in [6, 6.07) is 13.2. The predicted octanol–water partition coefficient (Wildman–Crippen LogP) is 6.26. The van der Waals surface area contributed by atoms with Gasteiger partial charge in [0.25, 0.3) is 10.0 Å². The van der Waals surface area contributed by atoms with Gasteiger partial charge in [-0.2, -0.15) is 27.2 Å². The van der Waals surface area contributed by atoms with Gasteiger partial charge in [-0.15, -0.1) is 0 Å². The average molecular weight is 637 g/mol. The van der Waals surface area contributed by atoms with Crippen LogP contribution in [0.1, 0.15) is 24.8 Å². The normalized spacial score (nSPS) is 20.0. The second kappa shape index (κ2) is 10.9. The zero-order valence-corrected chi connectivity index (χ0v) is 23.9. The Bertz CT molecular complexity index is 1740. The fourth-order valence-electron chi connectivity index (χ4n) is 6.25. The van der Waals surface area contributed by atoms with Gasteiger partial charge in [0.15, 0.2) is 0 Å². The first-order valence-corrected chi connectivity index (χ1v) is 15.3. The van der Waals surface area contributed by atoms with Crippen molar-refractivity contribution in [2.24, 2.45) is 0 Å². The van der Waals surface area contributed by atoms with E-state index >= 15 is 0 Å². The third-order valence-corrected chi connectivity index (χ3v) is 10.4. The maximum Gasteiger partial charge on any atom is 0.416 e. The molecule has 2 heterocycles. The lowest BCUT2D eigenvalue weighted by Crippen LogP contribution is -2.66. The van der Waals surface area contributed by atoms with Crippen LogP contribution in [0, 0.1) is 17.1 Å². The highest BCUT2D eigenvalue weighted by molar-refractivity contribution is 7.92. The molecule has 1 saturated heterocycles. The van der Waals surface area contributed by atoms with Crippen LogP contribution in [0.25, 0.3) is 11.1 Å². The van der Waals surface area contributed by atoms with Gasteiger partial charge in [-0.05, 0) is 72.9 Å². The van der Waals surface area contributed by atoms with Crippen molar-refractivity contribution in [2.75, 3.05) is 35.4 Å². The largest absolute Gasteiger partial charge is 0.435 e. The Labute approximate surface area is 249 Å². The summed E-state index contributed by atoms with van der Waals surface area (Å²) in [7, 11) is -4.56. The molecule has 232 valence electrons. The molecule has 0 spiro atoms. The number of hydrogen-bond donors (Lipinski definition) is 0. The van der Waals surface area contributed by atoms with Crippen molar-refractivity contribution in [3.8, 4) is 22.9 Å². The fourth-order valence-corrected chi connectivity index (χ4v) is 7.81. The lowest BCUT2D eigenvalue weighted by molar-refractivity contribution is -0.137. The molecule has 3 aliphatic rings. The average Bonchev–Trinajstić information content (AvgIpc) is 2.95. The van der Waals surface area contributed by atoms with Crippen molar-refractivity contribution in [3.05, 3.63) is 72.0 Å². The summed E-state index contributed by atoms with van der Waals surface area (Å²) in [5.41, 5.74) is -0.711. The Morgan fingerprint density at radius 1 is 0.955 bits per heavy atom. The van der Waals surface area contributed by atoms with E-state index in [2.05, 4.69) is 15.7 Å². The second-order valence-electron chi connectivity index (χ2n) is 11.1. The Morgan fingerprint density at radius 3 is 2.39 bits per heavy atom. The molecule has 0 amide bonds. The molecule has 3 aromatic rings. The van der Waals surface area contributed by atoms with Crippen LogP contribution in [-0.2, 0) is 16.2 Å². The van der Waals surface area contributed by atoms with Crippen LogP contribution >= 0.6 is 0 Å². The summed E-state index contributed by atoms with van der Waals surface area (Å²) in [6.07, 6.45) is -2.46. The van der Waals surface area contributed by atoms with Crippen LogP contribution in [0.2, 0.25) is 0 Å². The molecule has 44 heavy (non-hydrogen) atoms. The van der Waals surface area contributed by atoms with Crippen LogP contribution in [0.4, 0.5) is 37.7 Å². The number of alkyl halides is 5. The lowest BCUT2D eigenvalue weighted by atomic mass is 9.76. The number of rotatable bonds is 6. The molecule has 14 heteroatoms. The van der Waals surface area contributed by atoms with Gasteiger partial charge in [-0.1, -0.05) is 12.1 Å². The molecule has 3 aromatic carbocycles. The van der Waals surface area contributed by atoms with E-state index in [1.807, 2.05) is 4.90 Å². The molecule has 1 aliphatic carbocycles. The first-order chi connectivity index (χ1) is 20.8. The quantitative estimate of drug-likeness (QED) is 0.298. The number of hydrogen-bond acceptors (Lipinski definition) is 6. The zero-order valence-electron chi connectivity index (χ0n) is 23.1. The minimum atomic E-state index is -4.77. The molecule has 2 fully saturated rings. The maximum atomic E-state index is 14.4. The van der Waals surface area contributed by atoms with Crippen LogP contribution < -0.4 is 13.9 Å². The van der Waals surface area contributed by atoms with Crippen LogP contribution in [0.15, 0.2) is 65.6 Å². The molecule has 2 aliphatic heterocycles. The van der Waals surface area contributed by atoms with E-state index in [-0.39, 0.29) is 23.4 Å². The number of ether oxygens (including phenoxy) is 1. The van der Waals surface area contributed by atoms with Gasteiger partial charge in [0.1, 0.15) is 17.1 Å². The molecule has 7 nitrogen and oxygen atoms in total. The van der Waals surface area contributed by atoms with Crippen molar-refractivity contribution in [1.29, 1.82) is 5.26 Å². The van der Waals surface area contributed by atoms with Gasteiger partial charge in [-0.25, -0.2) is 12.8 Å². The number of nitriles is 1. The Hall–Kier alpha value is -3.96. The minimum Gasteiger partial charge on any atom is -0.435 e. The number of nitrogens with zero attached hydrogens (tertiary/aromatic N) is 4. The molecule has 1 saturated carbocycles. The molecule has 1 atom stereocenters. The first-order valence-electron chi connectivity index (χ1n) is 13.8. The number of anilines is 2. The number of sulfonamides is 1. The van der Waals surface area contributed by atoms with E-state index in [4.69, 9.17) is 0 Å². The first kappa shape index (κ1) is 30.1. The van der Waals surface area contributed by atoms with Gasteiger partial charge >= 0.3 is 12.8 Å². The summed E-state index contributed by atoms with van der Waals surface area (Å²) in [6.45, 7) is -1.96. The summed E-state index contributed by atoms with van der Waals surface area (Å²) in [4.78, 5) is 3.51. The fraction of sp³-hybridized carbons (Fsp3) is 0.367. The highest BCUT2D eigenvalue weighted by Gasteiger charge is 2.48. The Morgan fingerprint density at radius 2 is 1.73 bits per heavy atom. The second-order valence-corrected chi connectivity index (χ2v) is 13.0. The zero-order chi connectivity index (χ0) is 31.4. The lowest BCUT2D eigenvalue weighted by Gasteiger charge is -2.54. The summed E-state index contributed by atoms with van der Waals surface area (Å²) >= 11 is 0. The highest BCUT2D eigenvalue weighted by Crippen LogP contribution is 2.45. The number of fused-ring (bicyclic) bond motifs is 3. The van der Waals surface area contributed by atoms with E-state index in [0.29, 0.717) is 44.2 Å². The predicted molar refractivity (Wildman–Crippen MR) is 149 cm³/mol. The molecule has 0 unspecified atom stereocenters. The molecular formula is C30H26F6N4O3S. The number of benzene rings is 3. The molecular weight excluding hydrogens is 610 g/mol. The summed E-state index contributed by atoms with van der Waals surface area (Å²) in [5.74, 6) is -1.29. The summed E-state index contributed by atoms with van der Waals surface area (Å²) in [5, 5.41) is 9.91. The molecule has 0 N–H and O–H groups in total. The molecule has 0 aromatic heterocycles. The number of piperazine rings is 1. The van der Waals surface area contributed by atoms with Crippen molar-refractivity contribution < 1.29 is 39.5 Å². The van der Waals surface area contributed by atoms with Crippen molar-refractivity contribution in [2.45, 2.75) is 48.5 Å². The molecule has 0 bridgehead atoms. The van der Waals surface area contributed by atoms with Gasteiger partial charge in [-0.3, -0.25) is 9.21 Å². The third-order valence-electron chi connectivity index (χ3n) is 8.59. The molecule has 0 radical (unpaired) electrons. The Kier molecular flexibility index (Phi) is 7.44. The van der Waals surface area contributed by atoms with Crippen molar-refractivity contribution in [1.82, 2.24) is 4.90 Å². The number of halogens is 6. The highest BCUT2D eigenvalue weighted by atomic mass is 32.2. The smallest absolute Gasteiger partial charge is 0.416 e. The van der Waals surface area contributed by atoms with Gasteiger partial charge < -0.3 is 9.64 Å². The van der Waals surface area contributed by atoms with Gasteiger partial charge in [0.05, 0.1) is 40.5 Å². The standard InChI is InChI=1S/C30H26F6N4O3S/c31-22-11-20(12-24(15-22)43-28(32)33)19-5-6-26-27(13-19)40(44(41,42)25-4-1-3-21(14-25)30(34,35)36)17-23-16-38(9-10-39(23)26)29(18-37)7-2-8-29/h1,3-6,11-15,23,28H,2,7-10,16-17H2/t23-/m0/s1. The van der Waals surface area contributed by atoms with E-state index < -0.39 is 56.4 Å².